The van der Waals surface area contributed by atoms with Crippen molar-refractivity contribution < 1.29 is 9.53 Å². The Kier molecular flexibility index (Phi) is 8.17. The summed E-state index contributed by atoms with van der Waals surface area (Å²) in [6.07, 6.45) is 2.22. The zero-order chi connectivity index (χ0) is 24.2. The van der Waals surface area contributed by atoms with Gasteiger partial charge in [-0.05, 0) is 81.4 Å². The molecule has 2 heterocycles. The second kappa shape index (κ2) is 11.1. The third kappa shape index (κ3) is 5.58. The fourth-order valence-electron chi connectivity index (χ4n) is 5.72. The maximum atomic E-state index is 13.5. The molecule has 6 nitrogen and oxygen atoms in total. The maximum absolute atomic E-state index is 13.5. The third-order valence-electron chi connectivity index (χ3n) is 7.29. The lowest BCUT2D eigenvalue weighted by atomic mass is 9.72. The van der Waals surface area contributed by atoms with Crippen LogP contribution in [0.1, 0.15) is 31.2 Å². The van der Waals surface area contributed by atoms with Crippen LogP contribution in [0.15, 0.2) is 53.0 Å². The summed E-state index contributed by atoms with van der Waals surface area (Å²) in [5.41, 5.74) is 2.16. The van der Waals surface area contributed by atoms with Crippen molar-refractivity contribution in [3.63, 3.8) is 0 Å². The molecule has 4 atom stereocenters. The van der Waals surface area contributed by atoms with Crippen LogP contribution in [0.25, 0.3) is 0 Å². The highest BCUT2D eigenvalue weighted by atomic mass is 79.9. The number of fused-ring (bicyclic) bond motifs is 1. The lowest BCUT2D eigenvalue weighted by Crippen LogP contribution is -2.67. The van der Waals surface area contributed by atoms with E-state index in [0.717, 1.165) is 54.9 Å². The molecule has 0 aromatic heterocycles. The number of rotatable bonds is 6. The molecule has 2 aromatic rings. The first-order valence-electron chi connectivity index (χ1n) is 12.3. The van der Waals surface area contributed by atoms with Crippen molar-refractivity contribution in [1.29, 1.82) is 0 Å². The Bertz CT molecular complexity index is 950. The number of benzene rings is 2. The second-order valence-corrected chi connectivity index (χ2v) is 10.8. The van der Waals surface area contributed by atoms with Gasteiger partial charge in [0.2, 0.25) is 0 Å². The van der Waals surface area contributed by atoms with Crippen LogP contribution in [0.5, 0.6) is 5.75 Å². The minimum atomic E-state index is -0.0229. The zero-order valence-corrected chi connectivity index (χ0v) is 22.3. The molecule has 1 N–H and O–H groups in total. The van der Waals surface area contributed by atoms with Crippen molar-refractivity contribution in [2.24, 2.45) is 5.92 Å². The van der Waals surface area contributed by atoms with E-state index in [1.165, 1.54) is 5.56 Å². The fraction of sp³-hybridized carbons (Fsp3) is 0.519. The molecule has 2 aromatic carbocycles. The van der Waals surface area contributed by atoms with Crippen molar-refractivity contribution >= 4 is 27.6 Å². The molecule has 2 saturated heterocycles. The molecule has 4 rings (SSSR count). The Morgan fingerprint density at radius 1 is 1.12 bits per heavy atom. The minimum absolute atomic E-state index is 0.0229. The molecule has 34 heavy (non-hydrogen) atoms. The van der Waals surface area contributed by atoms with Gasteiger partial charge in [-0.2, -0.15) is 0 Å². The normalized spacial score (nSPS) is 25.2. The van der Waals surface area contributed by atoms with Gasteiger partial charge in [0.15, 0.2) is 0 Å². The highest BCUT2D eigenvalue weighted by Crippen LogP contribution is 2.44. The van der Waals surface area contributed by atoms with Crippen LogP contribution in [0.4, 0.5) is 10.5 Å². The number of carbonyl (C=O) groups is 1. The van der Waals surface area contributed by atoms with Gasteiger partial charge in [-0.3, -0.25) is 4.90 Å². The SMILES string of the molecule is CC[C@@H]1[C@H](c2ccc(Br)cc2)[C@@H]2CN(C(=O)Nc3ccc(OC)cc3)CC(CN(C)C)CCN12. The van der Waals surface area contributed by atoms with Crippen LogP contribution in [0.2, 0.25) is 0 Å². The lowest BCUT2D eigenvalue weighted by Gasteiger charge is -2.58. The highest BCUT2D eigenvalue weighted by Gasteiger charge is 2.49. The van der Waals surface area contributed by atoms with Crippen LogP contribution >= 0.6 is 15.9 Å². The van der Waals surface area contributed by atoms with E-state index in [2.05, 4.69) is 76.3 Å². The predicted octanol–water partition coefficient (Wildman–Crippen LogP) is 5.12. The minimum Gasteiger partial charge on any atom is -0.497 e. The van der Waals surface area contributed by atoms with E-state index >= 15 is 0 Å². The summed E-state index contributed by atoms with van der Waals surface area (Å²) in [7, 11) is 5.88. The number of halogens is 1. The molecule has 0 radical (unpaired) electrons. The van der Waals surface area contributed by atoms with Gasteiger partial charge in [-0.1, -0.05) is 35.0 Å². The number of methoxy groups -OCH3 is 1. The Morgan fingerprint density at radius 2 is 1.82 bits per heavy atom. The van der Waals surface area contributed by atoms with E-state index in [9.17, 15) is 4.79 Å². The summed E-state index contributed by atoms with van der Waals surface area (Å²) in [4.78, 5) is 20.4. The average Bonchev–Trinajstić information content (AvgIpc) is 2.80. The predicted molar refractivity (Wildman–Crippen MR) is 142 cm³/mol. The van der Waals surface area contributed by atoms with Crippen molar-refractivity contribution in [2.45, 2.75) is 37.8 Å². The van der Waals surface area contributed by atoms with E-state index < -0.39 is 0 Å². The molecule has 0 aliphatic carbocycles. The maximum Gasteiger partial charge on any atom is 0.321 e. The molecule has 0 bridgehead atoms. The van der Waals surface area contributed by atoms with Gasteiger partial charge in [0, 0.05) is 47.8 Å². The summed E-state index contributed by atoms with van der Waals surface area (Å²) in [5.74, 6) is 1.67. The number of nitrogens with zero attached hydrogens (tertiary/aromatic N) is 3. The number of ether oxygens (including phenoxy) is 1. The molecule has 2 aliphatic rings. The topological polar surface area (TPSA) is 48.1 Å². The van der Waals surface area contributed by atoms with Gasteiger partial charge in [-0.25, -0.2) is 4.79 Å². The van der Waals surface area contributed by atoms with Crippen molar-refractivity contribution in [3.8, 4) is 5.75 Å². The smallest absolute Gasteiger partial charge is 0.321 e. The molecule has 0 saturated carbocycles. The Labute approximate surface area is 212 Å². The van der Waals surface area contributed by atoms with Crippen LogP contribution in [-0.4, -0.2) is 80.2 Å². The first-order valence-corrected chi connectivity index (χ1v) is 13.0. The Hall–Kier alpha value is -2.09. The van der Waals surface area contributed by atoms with Gasteiger partial charge in [0.05, 0.1) is 7.11 Å². The quantitative estimate of drug-likeness (QED) is 0.565. The first-order chi connectivity index (χ1) is 16.4. The first kappa shape index (κ1) is 25.0. The van der Waals surface area contributed by atoms with E-state index in [-0.39, 0.29) is 6.03 Å². The summed E-state index contributed by atoms with van der Waals surface area (Å²) in [6, 6.07) is 17.1. The summed E-state index contributed by atoms with van der Waals surface area (Å²) in [5, 5.41) is 3.12. The molecule has 184 valence electrons. The van der Waals surface area contributed by atoms with Gasteiger partial charge in [-0.15, -0.1) is 0 Å². The molecule has 2 amide bonds. The Morgan fingerprint density at radius 3 is 2.44 bits per heavy atom. The van der Waals surface area contributed by atoms with Crippen molar-refractivity contribution in [2.75, 3.05) is 52.7 Å². The molecular formula is C27H37BrN4O2. The number of anilines is 1. The monoisotopic (exact) mass is 528 g/mol. The van der Waals surface area contributed by atoms with E-state index in [1.54, 1.807) is 7.11 Å². The standard InChI is InChI=1S/C27H37BrN4O2/c1-5-24-26(20-6-8-21(28)9-7-20)25-18-31(17-19(16-30(2)3)14-15-32(24)25)27(33)29-22-10-12-23(34-4)13-11-22/h6-13,19,24-26H,5,14-18H2,1-4H3,(H,29,33)/t19?,24-,25+,26+/m1/s1. The zero-order valence-electron chi connectivity index (χ0n) is 20.7. The molecule has 2 fully saturated rings. The van der Waals surface area contributed by atoms with E-state index in [1.807, 2.05) is 29.2 Å². The highest BCUT2D eigenvalue weighted by molar-refractivity contribution is 9.10. The molecule has 0 spiro atoms. The lowest BCUT2D eigenvalue weighted by molar-refractivity contribution is -0.0448. The Balaban J connectivity index is 1.56. The molecular weight excluding hydrogens is 492 g/mol. The molecule has 1 unspecified atom stereocenters. The number of hydrogen-bond donors (Lipinski definition) is 1. The molecule has 2 aliphatic heterocycles. The van der Waals surface area contributed by atoms with E-state index in [4.69, 9.17) is 4.74 Å². The van der Waals surface area contributed by atoms with Crippen LogP contribution in [0, 0.1) is 5.92 Å². The van der Waals surface area contributed by atoms with Crippen LogP contribution in [-0.2, 0) is 0 Å². The van der Waals surface area contributed by atoms with Gasteiger partial charge in [0.25, 0.3) is 0 Å². The van der Waals surface area contributed by atoms with Crippen LogP contribution < -0.4 is 10.1 Å². The summed E-state index contributed by atoms with van der Waals surface area (Å²) >= 11 is 3.57. The van der Waals surface area contributed by atoms with Gasteiger partial charge in [0.1, 0.15) is 5.75 Å². The number of amides is 2. The average molecular weight is 530 g/mol. The third-order valence-corrected chi connectivity index (χ3v) is 7.82. The van der Waals surface area contributed by atoms with E-state index in [0.29, 0.717) is 23.9 Å². The van der Waals surface area contributed by atoms with Crippen molar-refractivity contribution in [1.82, 2.24) is 14.7 Å². The number of nitrogens with one attached hydrogen (secondary N) is 1. The largest absolute Gasteiger partial charge is 0.497 e. The number of hydrogen-bond acceptors (Lipinski definition) is 4. The summed E-state index contributed by atoms with van der Waals surface area (Å²) in [6.45, 7) is 5.88. The fourth-order valence-corrected chi connectivity index (χ4v) is 5.99. The number of carbonyl (C=O) groups excluding carboxylic acids is 1. The van der Waals surface area contributed by atoms with Crippen LogP contribution in [0.3, 0.4) is 0 Å². The number of urea groups is 1. The van der Waals surface area contributed by atoms with Gasteiger partial charge < -0.3 is 19.9 Å². The molecule has 7 heteroatoms. The van der Waals surface area contributed by atoms with Gasteiger partial charge >= 0.3 is 6.03 Å². The van der Waals surface area contributed by atoms with Crippen molar-refractivity contribution in [3.05, 3.63) is 58.6 Å². The summed E-state index contributed by atoms with van der Waals surface area (Å²) < 4.78 is 6.35. The second-order valence-electron chi connectivity index (χ2n) is 9.84.